The molecule has 2 rings (SSSR count). The second-order valence-corrected chi connectivity index (χ2v) is 6.16. The van der Waals surface area contributed by atoms with E-state index in [1.54, 1.807) is 6.07 Å². The Bertz CT molecular complexity index is 516. The van der Waals surface area contributed by atoms with Gasteiger partial charge in [0.25, 0.3) is 0 Å². The van der Waals surface area contributed by atoms with Gasteiger partial charge >= 0.3 is 0 Å². The van der Waals surface area contributed by atoms with Crippen LogP contribution in [0.2, 0.25) is 0 Å². The number of anilines is 1. The summed E-state index contributed by atoms with van der Waals surface area (Å²) in [5.74, 6) is 0. The van der Waals surface area contributed by atoms with Crippen molar-refractivity contribution in [2.75, 3.05) is 11.9 Å². The van der Waals surface area contributed by atoms with Crippen LogP contribution in [0, 0.1) is 0 Å². The van der Waals surface area contributed by atoms with E-state index in [0.29, 0.717) is 12.6 Å². The molecule has 2 unspecified atom stereocenters. The van der Waals surface area contributed by atoms with E-state index in [-0.39, 0.29) is 11.0 Å². The maximum absolute atomic E-state index is 11.2. The highest BCUT2D eigenvalue weighted by atomic mass is 32.2. The minimum Gasteiger partial charge on any atom is -0.382 e. The monoisotopic (exact) mass is 270 g/mol. The quantitative estimate of drug-likeness (QED) is 0.864. The molecule has 1 aliphatic heterocycles. The fourth-order valence-corrected chi connectivity index (χ4v) is 2.61. The number of sulfonamides is 1. The first-order valence-corrected chi connectivity index (χ1v) is 7.52. The molecule has 1 heterocycles. The highest BCUT2D eigenvalue weighted by Crippen LogP contribution is 2.20. The summed E-state index contributed by atoms with van der Waals surface area (Å²) in [6, 6.07) is 6.50. The van der Waals surface area contributed by atoms with Crippen LogP contribution in [0.4, 0.5) is 5.69 Å². The first-order valence-electron chi connectivity index (χ1n) is 5.97. The Morgan fingerprint density at radius 2 is 2.22 bits per heavy atom. The van der Waals surface area contributed by atoms with Crippen molar-refractivity contribution in [3.63, 3.8) is 0 Å². The largest absolute Gasteiger partial charge is 0.382 e. The summed E-state index contributed by atoms with van der Waals surface area (Å²) in [5, 5.41) is 8.26. The number of rotatable bonds is 4. The van der Waals surface area contributed by atoms with E-state index in [9.17, 15) is 8.42 Å². The molecule has 1 aromatic rings. The fourth-order valence-electron chi connectivity index (χ4n) is 2.05. The predicted octanol–water partition coefficient (Wildman–Crippen LogP) is 1.31. The topological polar surface area (TPSA) is 81.4 Å². The van der Waals surface area contributed by atoms with Gasteiger partial charge in [-0.05, 0) is 38.0 Å². The molecule has 1 aliphatic rings. The molecule has 2 atom stereocenters. The summed E-state index contributed by atoms with van der Waals surface area (Å²) >= 11 is 0. The number of hydrogen-bond acceptors (Lipinski definition) is 4. The number of ether oxygens (including phenoxy) is 1. The van der Waals surface area contributed by atoms with Crippen LogP contribution >= 0.6 is 0 Å². The molecule has 0 bridgehead atoms. The van der Waals surface area contributed by atoms with E-state index < -0.39 is 10.0 Å². The van der Waals surface area contributed by atoms with Gasteiger partial charge in [-0.1, -0.05) is 6.07 Å². The number of benzene rings is 1. The lowest BCUT2D eigenvalue weighted by Gasteiger charge is -2.13. The van der Waals surface area contributed by atoms with Crippen molar-refractivity contribution >= 4 is 15.7 Å². The van der Waals surface area contributed by atoms with E-state index in [1.165, 1.54) is 12.1 Å². The van der Waals surface area contributed by atoms with Crippen molar-refractivity contribution in [1.29, 1.82) is 0 Å². The molecule has 3 N–H and O–H groups in total. The number of nitrogens with two attached hydrogens (primary N) is 1. The highest BCUT2D eigenvalue weighted by Gasteiger charge is 2.21. The number of primary sulfonamides is 1. The number of nitrogens with one attached hydrogen (secondary N) is 1. The summed E-state index contributed by atoms with van der Waals surface area (Å²) < 4.78 is 28.1. The van der Waals surface area contributed by atoms with Gasteiger partial charge in [0, 0.05) is 12.2 Å². The second-order valence-electron chi connectivity index (χ2n) is 4.60. The van der Waals surface area contributed by atoms with Gasteiger partial charge in [-0.2, -0.15) is 0 Å². The predicted molar refractivity (Wildman–Crippen MR) is 69.9 cm³/mol. The van der Waals surface area contributed by atoms with E-state index >= 15 is 0 Å². The van der Waals surface area contributed by atoms with Gasteiger partial charge in [-0.3, -0.25) is 0 Å². The minimum atomic E-state index is -3.64. The van der Waals surface area contributed by atoms with Crippen LogP contribution in [0.5, 0.6) is 0 Å². The molecule has 5 nitrogen and oxygen atoms in total. The van der Waals surface area contributed by atoms with E-state index in [4.69, 9.17) is 9.88 Å². The lowest BCUT2D eigenvalue weighted by molar-refractivity contribution is 0.0637. The molecule has 0 amide bonds. The smallest absolute Gasteiger partial charge is 0.238 e. The SMILES string of the molecule is CC1CCC(CNc2cccc(S(N)(=O)=O)c2)O1. The van der Waals surface area contributed by atoms with Crippen molar-refractivity contribution in [2.45, 2.75) is 36.9 Å². The Hall–Kier alpha value is -1.11. The summed E-state index contributed by atoms with van der Waals surface area (Å²) in [7, 11) is -3.64. The van der Waals surface area contributed by atoms with Crippen LogP contribution < -0.4 is 10.5 Å². The normalized spacial score (nSPS) is 24.1. The van der Waals surface area contributed by atoms with Crippen molar-refractivity contribution in [3.05, 3.63) is 24.3 Å². The van der Waals surface area contributed by atoms with Crippen LogP contribution in [0.25, 0.3) is 0 Å². The van der Waals surface area contributed by atoms with Gasteiger partial charge in [-0.25, -0.2) is 13.6 Å². The van der Waals surface area contributed by atoms with Crippen molar-refractivity contribution < 1.29 is 13.2 Å². The molecule has 0 spiro atoms. The van der Waals surface area contributed by atoms with E-state index in [0.717, 1.165) is 18.5 Å². The summed E-state index contributed by atoms with van der Waals surface area (Å²) in [5.41, 5.74) is 0.740. The van der Waals surface area contributed by atoms with Gasteiger partial charge in [0.1, 0.15) is 0 Å². The number of hydrogen-bond donors (Lipinski definition) is 2. The first-order chi connectivity index (χ1) is 8.45. The van der Waals surface area contributed by atoms with Gasteiger partial charge in [0.05, 0.1) is 17.1 Å². The van der Waals surface area contributed by atoms with Gasteiger partial charge in [0.15, 0.2) is 0 Å². The molecular weight excluding hydrogens is 252 g/mol. The zero-order valence-corrected chi connectivity index (χ0v) is 11.1. The second kappa shape index (κ2) is 5.26. The van der Waals surface area contributed by atoms with Crippen LogP contribution in [-0.4, -0.2) is 27.2 Å². The minimum absolute atomic E-state index is 0.119. The van der Waals surface area contributed by atoms with E-state index in [2.05, 4.69) is 12.2 Å². The summed E-state index contributed by atoms with van der Waals surface area (Å²) in [6.45, 7) is 2.74. The Labute approximate surface area is 107 Å². The van der Waals surface area contributed by atoms with E-state index in [1.807, 2.05) is 6.07 Å². The molecule has 6 heteroatoms. The average molecular weight is 270 g/mol. The molecule has 1 saturated heterocycles. The maximum atomic E-state index is 11.2. The van der Waals surface area contributed by atoms with Crippen LogP contribution in [0.1, 0.15) is 19.8 Å². The van der Waals surface area contributed by atoms with Crippen LogP contribution in [0.3, 0.4) is 0 Å². The molecule has 1 fully saturated rings. The first kappa shape index (κ1) is 13.3. The molecule has 0 saturated carbocycles. The third-order valence-corrected chi connectivity index (χ3v) is 3.93. The molecule has 0 aromatic heterocycles. The molecule has 0 radical (unpaired) electrons. The standard InChI is InChI=1S/C12H18N2O3S/c1-9-5-6-11(17-9)8-14-10-3-2-4-12(7-10)18(13,15)16/h2-4,7,9,11,14H,5-6,8H2,1H3,(H2,13,15,16). The maximum Gasteiger partial charge on any atom is 0.238 e. The highest BCUT2D eigenvalue weighted by molar-refractivity contribution is 7.89. The molecule has 0 aliphatic carbocycles. The van der Waals surface area contributed by atoms with Crippen LogP contribution in [0.15, 0.2) is 29.2 Å². The Kier molecular flexibility index (Phi) is 3.89. The molecular formula is C12H18N2O3S. The third kappa shape index (κ3) is 3.44. The zero-order valence-electron chi connectivity index (χ0n) is 10.3. The summed E-state index contributed by atoms with van der Waals surface area (Å²) in [6.07, 6.45) is 2.61. The molecule has 100 valence electrons. The van der Waals surface area contributed by atoms with Gasteiger partial charge in [-0.15, -0.1) is 0 Å². The Balaban J connectivity index is 1.98. The van der Waals surface area contributed by atoms with Crippen LogP contribution in [-0.2, 0) is 14.8 Å². The average Bonchev–Trinajstić information content (AvgIpc) is 2.72. The summed E-state index contributed by atoms with van der Waals surface area (Å²) in [4.78, 5) is 0.119. The van der Waals surface area contributed by atoms with Gasteiger partial charge < -0.3 is 10.1 Å². The van der Waals surface area contributed by atoms with Crippen molar-refractivity contribution in [3.8, 4) is 0 Å². The third-order valence-electron chi connectivity index (χ3n) is 3.02. The lowest BCUT2D eigenvalue weighted by atomic mass is 10.2. The molecule has 18 heavy (non-hydrogen) atoms. The van der Waals surface area contributed by atoms with Gasteiger partial charge in [0.2, 0.25) is 10.0 Å². The lowest BCUT2D eigenvalue weighted by Crippen LogP contribution is -2.20. The van der Waals surface area contributed by atoms with Crippen molar-refractivity contribution in [1.82, 2.24) is 0 Å². The Morgan fingerprint density at radius 1 is 1.44 bits per heavy atom. The fraction of sp³-hybridized carbons (Fsp3) is 0.500. The Morgan fingerprint density at radius 3 is 2.83 bits per heavy atom. The van der Waals surface area contributed by atoms with Crippen molar-refractivity contribution in [2.24, 2.45) is 5.14 Å². The zero-order chi connectivity index (χ0) is 13.2. The molecule has 1 aromatic carbocycles.